The molecular weight excluding hydrogens is 252 g/mol. The van der Waals surface area contributed by atoms with Crippen LogP contribution in [-0.4, -0.2) is 32.1 Å². The molecule has 6 heteroatoms. The van der Waals surface area contributed by atoms with E-state index >= 15 is 0 Å². The van der Waals surface area contributed by atoms with E-state index in [0.717, 1.165) is 49.8 Å². The van der Waals surface area contributed by atoms with E-state index in [2.05, 4.69) is 31.3 Å². The van der Waals surface area contributed by atoms with Crippen LogP contribution in [0.4, 0.5) is 5.95 Å². The molecule has 1 atom stereocenters. The Morgan fingerprint density at radius 3 is 2.80 bits per heavy atom. The lowest BCUT2D eigenvalue weighted by atomic mass is 10.1. The summed E-state index contributed by atoms with van der Waals surface area (Å²) in [5.41, 5.74) is 7.05. The monoisotopic (exact) mass is 272 g/mol. The van der Waals surface area contributed by atoms with Gasteiger partial charge in [-0.05, 0) is 18.4 Å². The second-order valence-electron chi connectivity index (χ2n) is 5.22. The van der Waals surface area contributed by atoms with E-state index in [1.807, 2.05) is 24.8 Å². The molecule has 6 nitrogen and oxygen atoms in total. The smallest absolute Gasteiger partial charge is 0.225 e. The summed E-state index contributed by atoms with van der Waals surface area (Å²) < 4.78 is 2.17. The van der Waals surface area contributed by atoms with E-state index in [1.54, 1.807) is 0 Å². The molecule has 1 aliphatic heterocycles. The first-order valence-corrected chi connectivity index (χ1v) is 7.07. The van der Waals surface area contributed by atoms with Gasteiger partial charge in [-0.15, -0.1) is 0 Å². The van der Waals surface area contributed by atoms with E-state index < -0.39 is 0 Å². The third kappa shape index (κ3) is 2.65. The molecule has 106 valence electrons. The van der Waals surface area contributed by atoms with Crippen LogP contribution in [-0.2, 0) is 19.5 Å². The quantitative estimate of drug-likeness (QED) is 0.898. The molecule has 2 aromatic heterocycles. The van der Waals surface area contributed by atoms with E-state index in [0.29, 0.717) is 0 Å². The molecule has 0 aromatic carbocycles. The summed E-state index contributed by atoms with van der Waals surface area (Å²) in [5, 5.41) is 0. The number of anilines is 1. The normalized spacial score (nSPS) is 16.0. The first-order chi connectivity index (χ1) is 9.76. The summed E-state index contributed by atoms with van der Waals surface area (Å²) in [4.78, 5) is 15.4. The Kier molecular flexibility index (Phi) is 3.64. The molecule has 2 aromatic rings. The molecule has 0 aliphatic carbocycles. The van der Waals surface area contributed by atoms with Gasteiger partial charge < -0.3 is 15.2 Å². The second-order valence-corrected chi connectivity index (χ2v) is 5.22. The summed E-state index contributed by atoms with van der Waals surface area (Å²) in [6.07, 6.45) is 9.44. The van der Waals surface area contributed by atoms with Crippen molar-refractivity contribution in [2.75, 3.05) is 11.4 Å². The molecule has 3 rings (SSSR count). The molecule has 20 heavy (non-hydrogen) atoms. The van der Waals surface area contributed by atoms with Gasteiger partial charge in [0.2, 0.25) is 5.95 Å². The summed E-state index contributed by atoms with van der Waals surface area (Å²) in [6.45, 7) is 4.70. The number of nitrogens with two attached hydrogens (primary N) is 1. The van der Waals surface area contributed by atoms with Crippen LogP contribution in [0.1, 0.15) is 24.7 Å². The Bertz CT molecular complexity index is 561. The maximum atomic E-state index is 5.95. The highest BCUT2D eigenvalue weighted by Crippen LogP contribution is 2.16. The van der Waals surface area contributed by atoms with E-state index in [9.17, 15) is 0 Å². The van der Waals surface area contributed by atoms with Crippen molar-refractivity contribution in [3.63, 3.8) is 0 Å². The summed E-state index contributed by atoms with van der Waals surface area (Å²) in [6, 6.07) is 0.187. The van der Waals surface area contributed by atoms with Crippen molar-refractivity contribution in [2.24, 2.45) is 5.73 Å². The lowest BCUT2D eigenvalue weighted by Crippen LogP contribution is -2.34. The van der Waals surface area contributed by atoms with Crippen LogP contribution in [0.5, 0.6) is 0 Å². The number of rotatable bonds is 4. The molecule has 0 spiro atoms. The average molecular weight is 272 g/mol. The Labute approximate surface area is 118 Å². The SMILES string of the molecule is CCC(N)Cc1cnc(N2CCn3ccnc3C2)nc1. The van der Waals surface area contributed by atoms with Crippen molar-refractivity contribution in [1.82, 2.24) is 19.5 Å². The predicted molar refractivity (Wildman–Crippen MR) is 77.3 cm³/mol. The van der Waals surface area contributed by atoms with Crippen LogP contribution in [0.15, 0.2) is 24.8 Å². The zero-order valence-electron chi connectivity index (χ0n) is 11.7. The number of nitrogens with zero attached hydrogens (tertiary/aromatic N) is 5. The molecule has 0 amide bonds. The van der Waals surface area contributed by atoms with Crippen molar-refractivity contribution in [2.45, 2.75) is 38.9 Å². The van der Waals surface area contributed by atoms with Crippen molar-refractivity contribution >= 4 is 5.95 Å². The topological polar surface area (TPSA) is 72.9 Å². The van der Waals surface area contributed by atoms with Crippen molar-refractivity contribution in [3.8, 4) is 0 Å². The van der Waals surface area contributed by atoms with Crippen LogP contribution in [0.2, 0.25) is 0 Å². The van der Waals surface area contributed by atoms with E-state index in [-0.39, 0.29) is 6.04 Å². The lowest BCUT2D eigenvalue weighted by molar-refractivity contribution is 0.551. The fourth-order valence-electron chi connectivity index (χ4n) is 2.41. The number of hydrogen-bond donors (Lipinski definition) is 1. The van der Waals surface area contributed by atoms with Gasteiger partial charge in [-0.2, -0.15) is 0 Å². The lowest BCUT2D eigenvalue weighted by Gasteiger charge is -2.27. The number of fused-ring (bicyclic) bond motifs is 1. The van der Waals surface area contributed by atoms with Crippen LogP contribution >= 0.6 is 0 Å². The standard InChI is InChI=1S/C14H20N6/c1-2-12(15)7-11-8-17-14(18-9-11)20-6-5-19-4-3-16-13(19)10-20/h3-4,8-9,12H,2,5-7,10,15H2,1H3. The maximum absolute atomic E-state index is 5.95. The third-order valence-corrected chi connectivity index (χ3v) is 3.74. The molecule has 1 aliphatic rings. The van der Waals surface area contributed by atoms with Gasteiger partial charge in [0.15, 0.2) is 0 Å². The number of hydrogen-bond acceptors (Lipinski definition) is 5. The molecule has 3 heterocycles. The highest BCUT2D eigenvalue weighted by Gasteiger charge is 2.18. The van der Waals surface area contributed by atoms with Crippen molar-refractivity contribution in [3.05, 3.63) is 36.2 Å². The molecule has 2 N–H and O–H groups in total. The number of aromatic nitrogens is 4. The molecule has 0 fully saturated rings. The van der Waals surface area contributed by atoms with Gasteiger partial charge in [0.25, 0.3) is 0 Å². The fourth-order valence-corrected chi connectivity index (χ4v) is 2.41. The number of imidazole rings is 1. The second kappa shape index (κ2) is 5.58. The molecule has 0 bridgehead atoms. The molecular formula is C14H20N6. The van der Waals surface area contributed by atoms with Gasteiger partial charge >= 0.3 is 0 Å². The Balaban J connectivity index is 1.69. The summed E-state index contributed by atoms with van der Waals surface area (Å²) >= 11 is 0. The first kappa shape index (κ1) is 13.1. The van der Waals surface area contributed by atoms with Crippen LogP contribution < -0.4 is 10.6 Å². The Morgan fingerprint density at radius 2 is 2.05 bits per heavy atom. The predicted octanol–water partition coefficient (Wildman–Crippen LogP) is 0.973. The molecule has 0 saturated carbocycles. The van der Waals surface area contributed by atoms with Crippen LogP contribution in [0.25, 0.3) is 0 Å². The highest BCUT2D eigenvalue weighted by molar-refractivity contribution is 5.31. The highest BCUT2D eigenvalue weighted by atomic mass is 15.3. The van der Waals surface area contributed by atoms with Gasteiger partial charge in [-0.25, -0.2) is 15.0 Å². The molecule has 0 saturated heterocycles. The van der Waals surface area contributed by atoms with Gasteiger partial charge in [0, 0.05) is 43.9 Å². The minimum Gasteiger partial charge on any atom is -0.332 e. The summed E-state index contributed by atoms with van der Waals surface area (Å²) in [7, 11) is 0. The first-order valence-electron chi connectivity index (χ1n) is 7.07. The Hall–Kier alpha value is -1.95. The minimum absolute atomic E-state index is 0.187. The zero-order chi connectivity index (χ0) is 13.9. The third-order valence-electron chi connectivity index (χ3n) is 3.74. The van der Waals surface area contributed by atoms with Gasteiger partial charge in [0.05, 0.1) is 6.54 Å². The van der Waals surface area contributed by atoms with Gasteiger partial charge in [-0.1, -0.05) is 6.92 Å². The van der Waals surface area contributed by atoms with Gasteiger partial charge in [-0.3, -0.25) is 0 Å². The average Bonchev–Trinajstić information content (AvgIpc) is 2.95. The maximum Gasteiger partial charge on any atom is 0.225 e. The van der Waals surface area contributed by atoms with E-state index in [4.69, 9.17) is 5.73 Å². The van der Waals surface area contributed by atoms with Crippen molar-refractivity contribution in [1.29, 1.82) is 0 Å². The van der Waals surface area contributed by atoms with Crippen molar-refractivity contribution < 1.29 is 0 Å². The largest absolute Gasteiger partial charge is 0.332 e. The van der Waals surface area contributed by atoms with E-state index in [1.165, 1.54) is 0 Å². The van der Waals surface area contributed by atoms with Crippen LogP contribution in [0, 0.1) is 0 Å². The fraction of sp³-hybridized carbons (Fsp3) is 0.500. The Morgan fingerprint density at radius 1 is 1.25 bits per heavy atom. The minimum atomic E-state index is 0.187. The molecule has 1 unspecified atom stereocenters. The molecule has 0 radical (unpaired) electrons. The van der Waals surface area contributed by atoms with Crippen LogP contribution in [0.3, 0.4) is 0 Å². The zero-order valence-corrected chi connectivity index (χ0v) is 11.7. The summed E-state index contributed by atoms with van der Waals surface area (Å²) in [5.74, 6) is 1.84. The van der Waals surface area contributed by atoms with Gasteiger partial charge in [0.1, 0.15) is 5.82 Å².